The van der Waals surface area contributed by atoms with E-state index in [9.17, 15) is 18.3 Å². The summed E-state index contributed by atoms with van der Waals surface area (Å²) in [4.78, 5) is 6.64. The first-order valence-electron chi connectivity index (χ1n) is 7.77. The van der Waals surface area contributed by atoms with Crippen molar-refractivity contribution in [3.05, 3.63) is 54.2 Å². The van der Waals surface area contributed by atoms with Crippen LogP contribution in [-0.2, 0) is 12.1 Å². The molecule has 0 aliphatic heterocycles. The van der Waals surface area contributed by atoms with Crippen molar-refractivity contribution >= 4 is 10.9 Å². The Balaban J connectivity index is 2.22. The number of H-pyrrole nitrogens is 1. The lowest BCUT2D eigenvalue weighted by Crippen LogP contribution is -2.45. The number of rotatable bonds is 5. The van der Waals surface area contributed by atoms with Crippen LogP contribution in [-0.4, -0.2) is 25.8 Å². The Morgan fingerprint density at radius 2 is 2.00 bits per heavy atom. The van der Waals surface area contributed by atoms with Gasteiger partial charge < -0.3 is 14.7 Å². The number of benzene rings is 1. The minimum Gasteiger partial charge on any atom is -0.370 e. The van der Waals surface area contributed by atoms with E-state index in [-0.39, 0.29) is 5.56 Å². The lowest BCUT2D eigenvalue weighted by Gasteiger charge is -2.30. The fourth-order valence-corrected chi connectivity index (χ4v) is 2.91. The Morgan fingerprint density at radius 3 is 2.71 bits per heavy atom. The molecular formula is C17H18F3N3O. The molecule has 0 unspecified atom stereocenters. The maximum atomic E-state index is 13.9. The summed E-state index contributed by atoms with van der Waals surface area (Å²) in [6.07, 6.45) is 0.581. The first-order valence-corrected chi connectivity index (χ1v) is 7.77. The third-order valence-corrected chi connectivity index (χ3v) is 4.18. The second-order valence-corrected chi connectivity index (χ2v) is 5.75. The molecule has 0 bridgehead atoms. The fraction of sp³-hybridized carbons (Fsp3) is 0.353. The van der Waals surface area contributed by atoms with Crippen LogP contribution in [0.15, 0.2) is 42.9 Å². The molecule has 7 heteroatoms. The molecule has 2 N–H and O–H groups in total. The predicted octanol–water partition coefficient (Wildman–Crippen LogP) is 3.96. The molecule has 128 valence electrons. The number of nitrogens with zero attached hydrogens (tertiary/aromatic N) is 2. The summed E-state index contributed by atoms with van der Waals surface area (Å²) in [6, 6.07) is 6.58. The number of hydrogen-bond acceptors (Lipinski definition) is 2. The van der Waals surface area contributed by atoms with E-state index < -0.39 is 17.6 Å². The Hall–Kier alpha value is -2.28. The smallest absolute Gasteiger partial charge is 0.370 e. The zero-order valence-corrected chi connectivity index (χ0v) is 13.1. The number of aromatic amines is 1. The largest absolute Gasteiger partial charge is 0.428 e. The van der Waals surface area contributed by atoms with Crippen LogP contribution in [0.2, 0.25) is 0 Å². The van der Waals surface area contributed by atoms with Gasteiger partial charge in [-0.1, -0.05) is 31.5 Å². The van der Waals surface area contributed by atoms with Crippen LogP contribution >= 0.6 is 0 Å². The van der Waals surface area contributed by atoms with Gasteiger partial charge in [-0.3, -0.25) is 0 Å². The van der Waals surface area contributed by atoms with Gasteiger partial charge in [0.1, 0.15) is 0 Å². The Morgan fingerprint density at radius 1 is 1.25 bits per heavy atom. The molecule has 4 nitrogen and oxygen atoms in total. The van der Waals surface area contributed by atoms with E-state index in [1.54, 1.807) is 24.3 Å². The van der Waals surface area contributed by atoms with Crippen molar-refractivity contribution in [2.45, 2.75) is 38.1 Å². The van der Waals surface area contributed by atoms with Crippen molar-refractivity contribution in [2.24, 2.45) is 0 Å². The van der Waals surface area contributed by atoms with Crippen molar-refractivity contribution in [1.82, 2.24) is 14.5 Å². The molecule has 0 saturated heterocycles. The highest BCUT2D eigenvalue weighted by Gasteiger charge is 2.60. The van der Waals surface area contributed by atoms with Gasteiger partial charge in [0.15, 0.2) is 5.82 Å². The van der Waals surface area contributed by atoms with Gasteiger partial charge >= 0.3 is 6.18 Å². The summed E-state index contributed by atoms with van der Waals surface area (Å²) >= 11 is 0. The number of aromatic nitrogens is 3. The highest BCUT2D eigenvalue weighted by atomic mass is 19.4. The van der Waals surface area contributed by atoms with Crippen LogP contribution in [0.1, 0.15) is 31.2 Å². The zero-order valence-electron chi connectivity index (χ0n) is 13.1. The standard InChI is InChI=1S/C17H18F3N3O/c1-2-3-9-23-10-8-21-15(23)16(24,17(18,19)20)13-11-22-14-7-5-4-6-12(13)14/h4-8,10-11,22,24H,2-3,9H2,1H3/t16-/m1/s1. The molecule has 0 fully saturated rings. The maximum absolute atomic E-state index is 13.9. The SMILES string of the molecule is CCCCn1ccnc1[C@](O)(c1c[nH]c2ccccc12)C(F)(F)F. The van der Waals surface area contributed by atoms with Gasteiger partial charge in [0.05, 0.1) is 0 Å². The predicted molar refractivity (Wildman–Crippen MR) is 84.5 cm³/mol. The second kappa shape index (κ2) is 5.98. The summed E-state index contributed by atoms with van der Waals surface area (Å²) in [5.41, 5.74) is -2.89. The van der Waals surface area contributed by atoms with E-state index in [1.807, 2.05) is 6.92 Å². The van der Waals surface area contributed by atoms with Gasteiger partial charge in [-0.05, 0) is 12.5 Å². The van der Waals surface area contributed by atoms with E-state index in [4.69, 9.17) is 0 Å². The molecular weight excluding hydrogens is 319 g/mol. The first kappa shape index (κ1) is 16.6. The molecule has 0 saturated carbocycles. The van der Waals surface area contributed by atoms with Crippen LogP contribution in [0.25, 0.3) is 10.9 Å². The quantitative estimate of drug-likeness (QED) is 0.740. The number of unbranched alkanes of at least 4 members (excludes halogenated alkanes) is 1. The molecule has 3 aromatic rings. The lowest BCUT2D eigenvalue weighted by atomic mass is 9.91. The van der Waals surface area contributed by atoms with Gasteiger partial charge in [0.2, 0.25) is 5.60 Å². The number of alkyl halides is 3. The summed E-state index contributed by atoms with van der Waals surface area (Å²) in [7, 11) is 0. The summed E-state index contributed by atoms with van der Waals surface area (Å²) in [6.45, 7) is 2.32. The minimum absolute atomic E-state index is 0.241. The minimum atomic E-state index is -4.91. The zero-order chi connectivity index (χ0) is 17.4. The molecule has 1 aromatic carbocycles. The Kier molecular flexibility index (Phi) is 4.13. The van der Waals surface area contributed by atoms with E-state index in [1.165, 1.54) is 23.2 Å². The van der Waals surface area contributed by atoms with Gasteiger partial charge in [0.25, 0.3) is 0 Å². The number of aliphatic hydroxyl groups is 1. The topological polar surface area (TPSA) is 53.8 Å². The number of hydrogen-bond donors (Lipinski definition) is 2. The third kappa shape index (κ3) is 2.49. The van der Waals surface area contributed by atoms with Gasteiger partial charge in [-0.15, -0.1) is 0 Å². The highest BCUT2D eigenvalue weighted by molar-refractivity contribution is 5.84. The molecule has 0 radical (unpaired) electrons. The number of imidazole rings is 1. The maximum Gasteiger partial charge on any atom is 0.428 e. The molecule has 0 aliphatic carbocycles. The van der Waals surface area contributed by atoms with Crippen molar-refractivity contribution < 1.29 is 18.3 Å². The van der Waals surface area contributed by atoms with Crippen LogP contribution in [0.4, 0.5) is 13.2 Å². The number of nitrogens with one attached hydrogen (secondary N) is 1. The number of halogens is 3. The van der Waals surface area contributed by atoms with Gasteiger partial charge in [-0.25, -0.2) is 4.98 Å². The van der Waals surface area contributed by atoms with E-state index in [2.05, 4.69) is 9.97 Å². The van der Waals surface area contributed by atoms with Gasteiger partial charge in [-0.2, -0.15) is 13.2 Å². The van der Waals surface area contributed by atoms with E-state index >= 15 is 0 Å². The van der Waals surface area contributed by atoms with E-state index in [0.29, 0.717) is 23.9 Å². The second-order valence-electron chi connectivity index (χ2n) is 5.75. The normalized spacial score (nSPS) is 14.9. The Bertz CT molecular complexity index is 837. The molecule has 3 rings (SSSR count). The summed E-state index contributed by atoms with van der Waals surface area (Å²) in [5, 5.41) is 11.1. The van der Waals surface area contributed by atoms with Crippen LogP contribution in [0.5, 0.6) is 0 Å². The van der Waals surface area contributed by atoms with Crippen molar-refractivity contribution in [3.63, 3.8) is 0 Å². The van der Waals surface area contributed by atoms with Crippen molar-refractivity contribution in [3.8, 4) is 0 Å². The van der Waals surface area contributed by atoms with Crippen LogP contribution < -0.4 is 0 Å². The molecule has 24 heavy (non-hydrogen) atoms. The summed E-state index contributed by atoms with van der Waals surface area (Å²) in [5.74, 6) is -0.409. The van der Waals surface area contributed by atoms with Gasteiger partial charge in [0, 0.05) is 41.6 Å². The Labute approximate surface area is 136 Å². The molecule has 2 aromatic heterocycles. The first-order chi connectivity index (χ1) is 11.4. The van der Waals surface area contributed by atoms with Crippen LogP contribution in [0, 0.1) is 0 Å². The number of aryl methyl sites for hydroxylation is 1. The average molecular weight is 337 g/mol. The van der Waals surface area contributed by atoms with Crippen LogP contribution in [0.3, 0.4) is 0 Å². The van der Waals surface area contributed by atoms with Crippen molar-refractivity contribution in [2.75, 3.05) is 0 Å². The van der Waals surface area contributed by atoms with Crippen molar-refractivity contribution in [1.29, 1.82) is 0 Å². The monoisotopic (exact) mass is 337 g/mol. The summed E-state index contributed by atoms with van der Waals surface area (Å²) < 4.78 is 43.2. The average Bonchev–Trinajstić information content (AvgIpc) is 3.18. The fourth-order valence-electron chi connectivity index (χ4n) is 2.91. The number of para-hydroxylation sites is 1. The lowest BCUT2D eigenvalue weighted by molar-refractivity contribution is -0.251. The molecule has 1 atom stereocenters. The molecule has 0 spiro atoms. The molecule has 0 amide bonds. The number of fused-ring (bicyclic) bond motifs is 1. The molecule has 0 aliphatic rings. The van der Waals surface area contributed by atoms with E-state index in [0.717, 1.165) is 6.42 Å². The third-order valence-electron chi connectivity index (χ3n) is 4.18. The molecule has 2 heterocycles. The highest BCUT2D eigenvalue weighted by Crippen LogP contribution is 2.45.